The second kappa shape index (κ2) is 4.88. The van der Waals surface area contributed by atoms with E-state index < -0.39 is 10.0 Å². The number of nitrogens with zero attached hydrogens (tertiary/aromatic N) is 4. The van der Waals surface area contributed by atoms with Crippen molar-refractivity contribution in [2.45, 2.75) is 32.5 Å². The third-order valence-electron chi connectivity index (χ3n) is 3.87. The maximum atomic E-state index is 11.6. The summed E-state index contributed by atoms with van der Waals surface area (Å²) in [6, 6.07) is 0. The molecule has 1 aromatic heterocycles. The van der Waals surface area contributed by atoms with E-state index in [1.54, 1.807) is 0 Å². The number of sulfonamides is 1. The first-order chi connectivity index (χ1) is 9.02. The summed E-state index contributed by atoms with van der Waals surface area (Å²) in [5.74, 6) is 0.867. The highest BCUT2D eigenvalue weighted by atomic mass is 32.2. The summed E-state index contributed by atoms with van der Waals surface area (Å²) in [4.78, 5) is 7.00. The van der Waals surface area contributed by atoms with Gasteiger partial charge in [0.1, 0.15) is 5.82 Å². The molecule has 2 aliphatic heterocycles. The van der Waals surface area contributed by atoms with Crippen LogP contribution in [0.15, 0.2) is 6.20 Å². The summed E-state index contributed by atoms with van der Waals surface area (Å²) < 4.78 is 26.7. The van der Waals surface area contributed by atoms with E-state index in [1.807, 2.05) is 0 Å². The molecule has 6 nitrogen and oxygen atoms in total. The van der Waals surface area contributed by atoms with Crippen molar-refractivity contribution in [3.8, 4) is 0 Å². The molecule has 3 rings (SSSR count). The van der Waals surface area contributed by atoms with Gasteiger partial charge >= 0.3 is 0 Å². The summed E-state index contributed by atoms with van der Waals surface area (Å²) in [7, 11) is -3.11. The molecular weight excluding hydrogens is 264 g/mol. The largest absolute Gasteiger partial charge is 0.332 e. The number of hydrogen-bond donors (Lipinski definition) is 0. The zero-order valence-corrected chi connectivity index (χ0v) is 12.1. The van der Waals surface area contributed by atoms with Crippen LogP contribution in [-0.2, 0) is 29.7 Å². The van der Waals surface area contributed by atoms with Crippen LogP contribution >= 0.6 is 0 Å². The van der Waals surface area contributed by atoms with Gasteiger partial charge in [-0.25, -0.2) is 13.4 Å². The lowest BCUT2D eigenvalue weighted by molar-refractivity contribution is 0.327. The lowest BCUT2D eigenvalue weighted by Gasteiger charge is -2.25. The Balaban J connectivity index is 1.73. The van der Waals surface area contributed by atoms with Crippen molar-refractivity contribution in [2.75, 3.05) is 25.9 Å². The SMILES string of the molecule is CS(=O)(=O)N1CCn2cc(CN3CCCC3)nc2C1. The fraction of sp³-hybridized carbons (Fsp3) is 0.750. The molecule has 0 aromatic carbocycles. The number of fused-ring (bicyclic) bond motifs is 1. The predicted octanol–water partition coefficient (Wildman–Crippen LogP) is 0.254. The molecule has 2 aliphatic rings. The average molecular weight is 284 g/mol. The standard InChI is InChI=1S/C12H20N4O2S/c1-19(17,18)16-7-6-15-9-11(13-12(15)10-16)8-14-4-2-3-5-14/h9H,2-8,10H2,1H3. The number of rotatable bonds is 3. The second-order valence-electron chi connectivity index (χ2n) is 5.42. The molecule has 0 spiro atoms. The Labute approximate surface area is 114 Å². The van der Waals surface area contributed by atoms with Gasteiger partial charge in [-0.15, -0.1) is 0 Å². The first-order valence-corrected chi connectivity index (χ1v) is 8.59. The van der Waals surface area contributed by atoms with Gasteiger partial charge in [-0.3, -0.25) is 4.90 Å². The molecule has 0 radical (unpaired) electrons. The molecule has 0 unspecified atom stereocenters. The van der Waals surface area contributed by atoms with E-state index in [0.717, 1.165) is 31.2 Å². The summed E-state index contributed by atoms with van der Waals surface area (Å²) in [6.07, 6.45) is 5.88. The van der Waals surface area contributed by atoms with Crippen molar-refractivity contribution in [3.63, 3.8) is 0 Å². The molecule has 106 valence electrons. The molecule has 0 N–H and O–H groups in total. The summed E-state index contributed by atoms with van der Waals surface area (Å²) in [5, 5.41) is 0. The minimum absolute atomic E-state index is 0.402. The molecule has 3 heterocycles. The molecular formula is C12H20N4O2S. The Bertz CT molecular complexity index is 560. The van der Waals surface area contributed by atoms with E-state index in [4.69, 9.17) is 0 Å². The van der Waals surface area contributed by atoms with Crippen LogP contribution in [0.25, 0.3) is 0 Å². The van der Waals surface area contributed by atoms with E-state index in [-0.39, 0.29) is 0 Å². The van der Waals surface area contributed by atoms with E-state index in [9.17, 15) is 8.42 Å². The average Bonchev–Trinajstić information content (AvgIpc) is 2.95. The molecule has 0 atom stereocenters. The lowest BCUT2D eigenvalue weighted by atomic mass is 10.4. The minimum atomic E-state index is -3.11. The first kappa shape index (κ1) is 13.1. The van der Waals surface area contributed by atoms with Gasteiger partial charge in [-0.1, -0.05) is 0 Å². The summed E-state index contributed by atoms with van der Waals surface area (Å²) in [5.41, 5.74) is 1.06. The maximum Gasteiger partial charge on any atom is 0.211 e. The number of aromatic nitrogens is 2. The monoisotopic (exact) mass is 284 g/mol. The van der Waals surface area contributed by atoms with Crippen molar-refractivity contribution in [3.05, 3.63) is 17.7 Å². The number of imidazole rings is 1. The maximum absolute atomic E-state index is 11.6. The smallest absolute Gasteiger partial charge is 0.211 e. The van der Waals surface area contributed by atoms with Crippen LogP contribution in [0, 0.1) is 0 Å². The van der Waals surface area contributed by atoms with Gasteiger partial charge in [0.05, 0.1) is 18.5 Å². The van der Waals surface area contributed by atoms with Gasteiger partial charge in [0.15, 0.2) is 0 Å². The molecule has 19 heavy (non-hydrogen) atoms. The summed E-state index contributed by atoms with van der Waals surface area (Å²) in [6.45, 7) is 4.84. The Morgan fingerprint density at radius 1 is 1.21 bits per heavy atom. The van der Waals surface area contributed by atoms with Gasteiger partial charge < -0.3 is 4.57 Å². The first-order valence-electron chi connectivity index (χ1n) is 6.75. The van der Waals surface area contributed by atoms with E-state index in [0.29, 0.717) is 19.6 Å². The van der Waals surface area contributed by atoms with E-state index >= 15 is 0 Å². The third-order valence-corrected chi connectivity index (χ3v) is 5.12. The van der Waals surface area contributed by atoms with Gasteiger partial charge in [0.2, 0.25) is 10.0 Å². The van der Waals surface area contributed by atoms with Crippen molar-refractivity contribution < 1.29 is 8.42 Å². The number of likely N-dealkylation sites (tertiary alicyclic amines) is 1. The minimum Gasteiger partial charge on any atom is -0.332 e. The Morgan fingerprint density at radius 3 is 2.63 bits per heavy atom. The quantitative estimate of drug-likeness (QED) is 0.798. The van der Waals surface area contributed by atoms with Crippen LogP contribution in [0.4, 0.5) is 0 Å². The van der Waals surface area contributed by atoms with Crippen LogP contribution < -0.4 is 0 Å². The Kier molecular flexibility index (Phi) is 3.36. The normalized spacial score (nSPS) is 21.7. The molecule has 1 fully saturated rings. The molecule has 1 aromatic rings. The highest BCUT2D eigenvalue weighted by Gasteiger charge is 2.25. The Morgan fingerprint density at radius 2 is 1.95 bits per heavy atom. The highest BCUT2D eigenvalue weighted by Crippen LogP contribution is 2.17. The van der Waals surface area contributed by atoms with Gasteiger partial charge in [-0.05, 0) is 25.9 Å². The fourth-order valence-corrected chi connectivity index (χ4v) is 3.58. The molecule has 0 aliphatic carbocycles. The van der Waals surface area contributed by atoms with Crippen molar-refractivity contribution in [1.82, 2.24) is 18.8 Å². The van der Waals surface area contributed by atoms with Crippen molar-refractivity contribution in [2.24, 2.45) is 0 Å². The third kappa shape index (κ3) is 2.82. The Hall–Kier alpha value is -0.920. The molecule has 0 amide bonds. The van der Waals surface area contributed by atoms with E-state index in [1.165, 1.54) is 23.4 Å². The highest BCUT2D eigenvalue weighted by molar-refractivity contribution is 7.88. The van der Waals surface area contributed by atoms with Crippen LogP contribution in [0.3, 0.4) is 0 Å². The van der Waals surface area contributed by atoms with Crippen LogP contribution in [0.2, 0.25) is 0 Å². The molecule has 0 saturated carbocycles. The van der Waals surface area contributed by atoms with Crippen LogP contribution in [0.5, 0.6) is 0 Å². The molecule has 1 saturated heterocycles. The fourth-order valence-electron chi connectivity index (χ4n) is 2.82. The zero-order valence-electron chi connectivity index (χ0n) is 11.2. The van der Waals surface area contributed by atoms with Gasteiger partial charge in [0.25, 0.3) is 0 Å². The lowest BCUT2D eigenvalue weighted by Crippen LogP contribution is -2.37. The van der Waals surface area contributed by atoms with Crippen LogP contribution in [-0.4, -0.2) is 53.1 Å². The number of hydrogen-bond acceptors (Lipinski definition) is 4. The predicted molar refractivity (Wildman–Crippen MR) is 72.0 cm³/mol. The zero-order chi connectivity index (χ0) is 13.5. The molecule has 0 bridgehead atoms. The van der Waals surface area contributed by atoms with Gasteiger partial charge in [-0.2, -0.15) is 4.31 Å². The summed E-state index contributed by atoms with van der Waals surface area (Å²) >= 11 is 0. The topological polar surface area (TPSA) is 58.4 Å². The van der Waals surface area contributed by atoms with Crippen molar-refractivity contribution in [1.29, 1.82) is 0 Å². The van der Waals surface area contributed by atoms with Gasteiger partial charge in [0, 0.05) is 25.8 Å². The van der Waals surface area contributed by atoms with Crippen LogP contribution in [0.1, 0.15) is 24.4 Å². The van der Waals surface area contributed by atoms with Crippen molar-refractivity contribution >= 4 is 10.0 Å². The second-order valence-corrected chi connectivity index (χ2v) is 7.40. The van der Waals surface area contributed by atoms with E-state index in [2.05, 4.69) is 20.6 Å². The molecule has 7 heteroatoms.